The van der Waals surface area contributed by atoms with E-state index < -0.39 is 4.92 Å². The summed E-state index contributed by atoms with van der Waals surface area (Å²) in [5.41, 5.74) is 2.50. The van der Waals surface area contributed by atoms with Gasteiger partial charge in [0.25, 0.3) is 5.69 Å². The Morgan fingerprint density at radius 3 is 2.64 bits per heavy atom. The minimum absolute atomic E-state index is 0.0852. The summed E-state index contributed by atoms with van der Waals surface area (Å²) < 4.78 is 0. The molecule has 25 heavy (non-hydrogen) atoms. The van der Waals surface area contributed by atoms with Crippen LogP contribution in [0.25, 0.3) is 11.4 Å². The van der Waals surface area contributed by atoms with Crippen LogP contribution in [0, 0.1) is 24.0 Å². The van der Waals surface area contributed by atoms with E-state index in [1.807, 2.05) is 31.2 Å². The third-order valence-corrected chi connectivity index (χ3v) is 3.85. The van der Waals surface area contributed by atoms with Crippen LogP contribution >= 0.6 is 0 Å². The molecule has 1 heterocycles. The van der Waals surface area contributed by atoms with E-state index in [9.17, 15) is 14.9 Å². The maximum atomic E-state index is 12.4. The first kappa shape index (κ1) is 16.4. The molecular formula is C17H15N5O3. The number of benzene rings is 2. The Hall–Kier alpha value is -3.42. The number of nitrogens with zero attached hydrogens (tertiary/aromatic N) is 5. The number of nitro benzene ring substituents is 1. The molecule has 8 nitrogen and oxygen atoms in total. The zero-order valence-electron chi connectivity index (χ0n) is 13.7. The molecule has 0 saturated carbocycles. The van der Waals surface area contributed by atoms with Crippen molar-refractivity contribution in [2.45, 2.75) is 20.4 Å². The van der Waals surface area contributed by atoms with Crippen molar-refractivity contribution in [3.8, 4) is 11.4 Å². The van der Waals surface area contributed by atoms with Gasteiger partial charge in [-0.05, 0) is 24.6 Å². The third kappa shape index (κ3) is 3.42. The Labute approximate surface area is 143 Å². The fourth-order valence-corrected chi connectivity index (χ4v) is 2.44. The number of carbonyl (C=O) groups is 1. The van der Waals surface area contributed by atoms with Crippen molar-refractivity contribution in [3.05, 3.63) is 69.3 Å². The van der Waals surface area contributed by atoms with Gasteiger partial charge in [-0.2, -0.15) is 4.80 Å². The molecule has 2 aromatic carbocycles. The molecule has 0 bridgehead atoms. The highest BCUT2D eigenvalue weighted by atomic mass is 16.6. The van der Waals surface area contributed by atoms with Crippen LogP contribution in [0.5, 0.6) is 0 Å². The molecule has 0 aliphatic rings. The van der Waals surface area contributed by atoms with Crippen molar-refractivity contribution in [1.82, 2.24) is 20.2 Å². The van der Waals surface area contributed by atoms with Crippen LogP contribution in [0.4, 0.5) is 5.69 Å². The highest BCUT2D eigenvalue weighted by Crippen LogP contribution is 2.20. The minimum Gasteiger partial charge on any atom is -0.292 e. The molecule has 0 spiro atoms. The number of nitro groups is 1. The fourth-order valence-electron chi connectivity index (χ4n) is 2.44. The summed E-state index contributed by atoms with van der Waals surface area (Å²) in [6.07, 6.45) is 0. The lowest BCUT2D eigenvalue weighted by atomic mass is 10.1. The fraction of sp³-hybridized carbons (Fsp3) is 0.176. The van der Waals surface area contributed by atoms with E-state index in [1.165, 1.54) is 10.9 Å². The minimum atomic E-state index is -0.504. The van der Waals surface area contributed by atoms with Crippen molar-refractivity contribution in [1.29, 1.82) is 0 Å². The molecule has 3 rings (SSSR count). The SMILES string of the molecule is Cc1ccccc1-c1nnn(CC(=O)c2ccc(C)c([N+](=O)[O-])c2)n1. The smallest absolute Gasteiger partial charge is 0.273 e. The van der Waals surface area contributed by atoms with E-state index in [0.717, 1.165) is 11.1 Å². The predicted octanol–water partition coefficient (Wildman–Crippen LogP) is 2.75. The van der Waals surface area contributed by atoms with Gasteiger partial charge in [-0.1, -0.05) is 36.4 Å². The molecule has 126 valence electrons. The van der Waals surface area contributed by atoms with Gasteiger partial charge in [-0.3, -0.25) is 14.9 Å². The number of hydrogen-bond donors (Lipinski definition) is 0. The van der Waals surface area contributed by atoms with Crippen LogP contribution in [0.3, 0.4) is 0 Å². The van der Waals surface area contributed by atoms with Gasteiger partial charge in [-0.25, -0.2) is 0 Å². The average Bonchev–Trinajstić information content (AvgIpc) is 3.03. The van der Waals surface area contributed by atoms with Crippen LogP contribution in [0.2, 0.25) is 0 Å². The first-order valence-electron chi connectivity index (χ1n) is 7.58. The molecule has 0 radical (unpaired) electrons. The van der Waals surface area contributed by atoms with Gasteiger partial charge in [0, 0.05) is 22.8 Å². The van der Waals surface area contributed by atoms with E-state index in [4.69, 9.17) is 0 Å². The van der Waals surface area contributed by atoms with E-state index in [-0.39, 0.29) is 23.6 Å². The van der Waals surface area contributed by atoms with Crippen molar-refractivity contribution < 1.29 is 9.72 Å². The summed E-state index contributed by atoms with van der Waals surface area (Å²) >= 11 is 0. The molecule has 0 unspecified atom stereocenters. The van der Waals surface area contributed by atoms with Gasteiger partial charge in [0.1, 0.15) is 6.54 Å². The van der Waals surface area contributed by atoms with Crippen molar-refractivity contribution in [3.63, 3.8) is 0 Å². The predicted molar refractivity (Wildman–Crippen MR) is 90.2 cm³/mol. The normalized spacial score (nSPS) is 10.6. The summed E-state index contributed by atoms with van der Waals surface area (Å²) in [6, 6.07) is 12.0. The maximum Gasteiger partial charge on any atom is 0.273 e. The van der Waals surface area contributed by atoms with Gasteiger partial charge < -0.3 is 0 Å². The lowest BCUT2D eigenvalue weighted by Crippen LogP contribution is -2.13. The Kier molecular flexibility index (Phi) is 4.34. The highest BCUT2D eigenvalue weighted by Gasteiger charge is 2.17. The van der Waals surface area contributed by atoms with Crippen molar-refractivity contribution in [2.24, 2.45) is 0 Å². The molecule has 0 aliphatic carbocycles. The molecule has 0 saturated heterocycles. The molecule has 0 aliphatic heterocycles. The number of aromatic nitrogens is 4. The Bertz CT molecular complexity index is 964. The lowest BCUT2D eigenvalue weighted by molar-refractivity contribution is -0.385. The number of tetrazole rings is 1. The first-order chi connectivity index (χ1) is 12.0. The summed E-state index contributed by atoms with van der Waals surface area (Å²) in [5.74, 6) is 0.109. The molecule has 1 aromatic heterocycles. The van der Waals surface area contributed by atoms with Crippen molar-refractivity contribution in [2.75, 3.05) is 0 Å². The first-order valence-corrected chi connectivity index (χ1v) is 7.58. The van der Waals surface area contributed by atoms with Crippen LogP contribution < -0.4 is 0 Å². The Balaban J connectivity index is 1.82. The largest absolute Gasteiger partial charge is 0.292 e. The molecule has 0 atom stereocenters. The number of ketones is 1. The van der Waals surface area contributed by atoms with E-state index in [2.05, 4.69) is 15.4 Å². The monoisotopic (exact) mass is 337 g/mol. The maximum absolute atomic E-state index is 12.4. The van der Waals surface area contributed by atoms with Crippen LogP contribution in [-0.4, -0.2) is 30.9 Å². The number of aryl methyl sites for hydroxylation is 2. The second-order valence-corrected chi connectivity index (χ2v) is 5.64. The summed E-state index contributed by atoms with van der Waals surface area (Å²) in [6.45, 7) is 3.42. The second-order valence-electron chi connectivity index (χ2n) is 5.64. The van der Waals surface area contributed by atoms with Crippen LogP contribution in [0.1, 0.15) is 21.5 Å². The third-order valence-electron chi connectivity index (χ3n) is 3.85. The lowest BCUT2D eigenvalue weighted by Gasteiger charge is -2.02. The zero-order valence-corrected chi connectivity index (χ0v) is 13.7. The highest BCUT2D eigenvalue weighted by molar-refractivity contribution is 5.96. The summed E-state index contributed by atoms with van der Waals surface area (Å²) in [4.78, 5) is 24.0. The van der Waals surface area contributed by atoms with Crippen LogP contribution in [-0.2, 0) is 6.54 Å². The second kappa shape index (κ2) is 6.60. The average molecular weight is 337 g/mol. The molecule has 3 aromatic rings. The van der Waals surface area contributed by atoms with E-state index in [0.29, 0.717) is 11.4 Å². The molecule has 0 amide bonds. The van der Waals surface area contributed by atoms with Gasteiger partial charge >= 0.3 is 0 Å². The summed E-state index contributed by atoms with van der Waals surface area (Å²) in [5, 5.41) is 23.1. The number of carbonyl (C=O) groups excluding carboxylic acids is 1. The summed E-state index contributed by atoms with van der Waals surface area (Å²) in [7, 11) is 0. The standard InChI is InChI=1S/C17H15N5O3/c1-11-5-3-4-6-14(11)17-18-20-21(19-17)10-16(23)13-8-7-12(2)15(9-13)22(24)25/h3-9H,10H2,1-2H3. The van der Waals surface area contributed by atoms with Gasteiger partial charge in [0.15, 0.2) is 5.78 Å². The van der Waals surface area contributed by atoms with E-state index in [1.54, 1.807) is 19.1 Å². The molecule has 0 N–H and O–H groups in total. The topological polar surface area (TPSA) is 104 Å². The number of hydrogen-bond acceptors (Lipinski definition) is 6. The molecular weight excluding hydrogens is 322 g/mol. The van der Waals surface area contributed by atoms with Crippen molar-refractivity contribution >= 4 is 11.5 Å². The Morgan fingerprint density at radius 1 is 1.16 bits per heavy atom. The van der Waals surface area contributed by atoms with Gasteiger partial charge in [-0.15, -0.1) is 10.2 Å². The molecule has 0 fully saturated rings. The quantitative estimate of drug-likeness (QED) is 0.403. The molecule has 8 heteroatoms. The number of Topliss-reactive ketones (excluding diaryl/α,β-unsaturated/α-hetero) is 1. The Morgan fingerprint density at radius 2 is 1.92 bits per heavy atom. The van der Waals surface area contributed by atoms with Gasteiger partial charge in [0.05, 0.1) is 4.92 Å². The van der Waals surface area contributed by atoms with Crippen LogP contribution in [0.15, 0.2) is 42.5 Å². The van der Waals surface area contributed by atoms with Gasteiger partial charge in [0.2, 0.25) is 5.82 Å². The number of rotatable bonds is 5. The van der Waals surface area contributed by atoms with E-state index >= 15 is 0 Å². The zero-order chi connectivity index (χ0) is 18.0.